The zero-order valence-electron chi connectivity index (χ0n) is 12.3. The summed E-state index contributed by atoms with van der Waals surface area (Å²) in [6, 6.07) is 0.582. The van der Waals surface area contributed by atoms with Crippen molar-refractivity contribution in [3.05, 3.63) is 0 Å². The van der Waals surface area contributed by atoms with Gasteiger partial charge in [-0.15, -0.1) is 0 Å². The summed E-state index contributed by atoms with van der Waals surface area (Å²) in [4.78, 5) is 13.7. The summed E-state index contributed by atoms with van der Waals surface area (Å²) < 4.78 is 5.44. The van der Waals surface area contributed by atoms with Crippen LogP contribution in [-0.2, 0) is 9.53 Å². The van der Waals surface area contributed by atoms with Crippen molar-refractivity contribution in [2.45, 2.75) is 52.1 Å². The SMILES string of the molecule is CCN(C1CCC(C)CC1C)C1COCC1C(=O)O. The van der Waals surface area contributed by atoms with Crippen LogP contribution in [-0.4, -0.2) is 47.8 Å². The van der Waals surface area contributed by atoms with Crippen LogP contribution in [0.5, 0.6) is 0 Å². The third-order valence-electron chi connectivity index (χ3n) is 4.97. The number of hydrogen-bond donors (Lipinski definition) is 1. The van der Waals surface area contributed by atoms with Gasteiger partial charge in [-0.1, -0.05) is 20.8 Å². The quantitative estimate of drug-likeness (QED) is 0.850. The minimum Gasteiger partial charge on any atom is -0.481 e. The van der Waals surface area contributed by atoms with Crippen LogP contribution in [0.1, 0.15) is 40.0 Å². The van der Waals surface area contributed by atoms with Crippen LogP contribution in [0.4, 0.5) is 0 Å². The minimum atomic E-state index is -0.710. The molecule has 0 amide bonds. The van der Waals surface area contributed by atoms with Gasteiger partial charge >= 0.3 is 5.97 Å². The molecule has 0 aromatic rings. The number of rotatable bonds is 4. The van der Waals surface area contributed by atoms with Gasteiger partial charge in [-0.05, 0) is 37.6 Å². The number of carboxylic acids is 1. The van der Waals surface area contributed by atoms with E-state index in [-0.39, 0.29) is 12.0 Å². The van der Waals surface area contributed by atoms with E-state index >= 15 is 0 Å². The third-order valence-corrected chi connectivity index (χ3v) is 4.97. The third kappa shape index (κ3) is 3.11. The lowest BCUT2D eigenvalue weighted by Crippen LogP contribution is -2.52. The summed E-state index contributed by atoms with van der Waals surface area (Å²) in [5.74, 6) is 0.392. The number of carbonyl (C=O) groups is 1. The van der Waals surface area contributed by atoms with Gasteiger partial charge in [0.15, 0.2) is 0 Å². The van der Waals surface area contributed by atoms with Crippen molar-refractivity contribution < 1.29 is 14.6 Å². The van der Waals surface area contributed by atoms with E-state index in [1.807, 2.05) is 0 Å². The predicted molar refractivity (Wildman–Crippen MR) is 74.1 cm³/mol. The van der Waals surface area contributed by atoms with Crippen LogP contribution < -0.4 is 0 Å². The maximum atomic E-state index is 11.3. The standard InChI is InChI=1S/C15H27NO3/c1-4-16(13-6-5-10(2)7-11(13)3)14-9-19-8-12(14)15(17)18/h10-14H,4-9H2,1-3H3,(H,17,18). The van der Waals surface area contributed by atoms with Gasteiger partial charge in [-0.3, -0.25) is 9.69 Å². The van der Waals surface area contributed by atoms with E-state index in [1.165, 1.54) is 19.3 Å². The average Bonchev–Trinajstić information content (AvgIpc) is 2.82. The molecule has 0 aromatic heterocycles. The largest absolute Gasteiger partial charge is 0.481 e. The maximum absolute atomic E-state index is 11.3. The average molecular weight is 269 g/mol. The molecule has 1 aliphatic carbocycles. The Kier molecular flexibility index (Phi) is 4.85. The molecule has 110 valence electrons. The first-order chi connectivity index (χ1) is 9.04. The summed E-state index contributed by atoms with van der Waals surface area (Å²) >= 11 is 0. The second-order valence-electron chi connectivity index (χ2n) is 6.34. The zero-order chi connectivity index (χ0) is 14.0. The summed E-state index contributed by atoms with van der Waals surface area (Å²) in [6.45, 7) is 8.64. The first-order valence-electron chi connectivity index (χ1n) is 7.60. The number of hydrogen-bond acceptors (Lipinski definition) is 3. The molecule has 4 nitrogen and oxygen atoms in total. The van der Waals surface area contributed by atoms with E-state index in [0.717, 1.165) is 12.5 Å². The summed E-state index contributed by atoms with van der Waals surface area (Å²) in [6.07, 6.45) is 3.71. The molecule has 2 aliphatic rings. The lowest BCUT2D eigenvalue weighted by Gasteiger charge is -2.43. The van der Waals surface area contributed by atoms with Crippen LogP contribution in [0.3, 0.4) is 0 Å². The Hall–Kier alpha value is -0.610. The highest BCUT2D eigenvalue weighted by Crippen LogP contribution is 2.34. The second kappa shape index (κ2) is 6.23. The van der Waals surface area contributed by atoms with Crippen molar-refractivity contribution in [2.24, 2.45) is 17.8 Å². The molecule has 19 heavy (non-hydrogen) atoms. The summed E-state index contributed by atoms with van der Waals surface area (Å²) in [5, 5.41) is 9.33. The fourth-order valence-corrected chi connectivity index (χ4v) is 3.96. The first-order valence-corrected chi connectivity index (χ1v) is 7.60. The molecule has 1 aliphatic heterocycles. The van der Waals surface area contributed by atoms with E-state index in [0.29, 0.717) is 25.2 Å². The molecule has 2 fully saturated rings. The van der Waals surface area contributed by atoms with Crippen molar-refractivity contribution in [2.75, 3.05) is 19.8 Å². The number of ether oxygens (including phenoxy) is 1. The van der Waals surface area contributed by atoms with Crippen LogP contribution in [0.25, 0.3) is 0 Å². The number of likely N-dealkylation sites (N-methyl/N-ethyl adjacent to an activating group) is 1. The normalized spacial score (nSPS) is 39.7. The highest BCUT2D eigenvalue weighted by molar-refractivity contribution is 5.71. The molecular weight excluding hydrogens is 242 g/mol. The van der Waals surface area contributed by atoms with Gasteiger partial charge in [0, 0.05) is 12.1 Å². The molecule has 2 rings (SSSR count). The van der Waals surface area contributed by atoms with Gasteiger partial charge in [0.2, 0.25) is 0 Å². The van der Waals surface area contributed by atoms with Crippen molar-refractivity contribution >= 4 is 5.97 Å². The van der Waals surface area contributed by atoms with Gasteiger partial charge in [0.1, 0.15) is 0 Å². The monoisotopic (exact) mass is 269 g/mol. The Morgan fingerprint density at radius 2 is 2.00 bits per heavy atom. The molecule has 5 atom stereocenters. The molecular formula is C15H27NO3. The minimum absolute atomic E-state index is 0.0587. The number of carboxylic acid groups (broad SMARTS) is 1. The molecule has 0 spiro atoms. The fourth-order valence-electron chi connectivity index (χ4n) is 3.96. The topological polar surface area (TPSA) is 49.8 Å². The van der Waals surface area contributed by atoms with Crippen LogP contribution in [0.15, 0.2) is 0 Å². The Morgan fingerprint density at radius 3 is 2.58 bits per heavy atom. The summed E-state index contributed by atoms with van der Waals surface area (Å²) in [7, 11) is 0. The Bertz CT molecular complexity index is 321. The molecule has 0 aromatic carbocycles. The van der Waals surface area contributed by atoms with Crippen LogP contribution in [0, 0.1) is 17.8 Å². The molecule has 0 radical (unpaired) electrons. The lowest BCUT2D eigenvalue weighted by molar-refractivity contribution is -0.143. The van der Waals surface area contributed by atoms with Crippen molar-refractivity contribution in [1.29, 1.82) is 0 Å². The van der Waals surface area contributed by atoms with Crippen molar-refractivity contribution in [3.63, 3.8) is 0 Å². The smallest absolute Gasteiger partial charge is 0.310 e. The van der Waals surface area contributed by atoms with Gasteiger partial charge in [-0.2, -0.15) is 0 Å². The highest BCUT2D eigenvalue weighted by Gasteiger charge is 2.41. The van der Waals surface area contributed by atoms with Gasteiger partial charge in [0.25, 0.3) is 0 Å². The second-order valence-corrected chi connectivity index (χ2v) is 6.34. The van der Waals surface area contributed by atoms with E-state index < -0.39 is 5.97 Å². The Morgan fingerprint density at radius 1 is 1.26 bits per heavy atom. The van der Waals surface area contributed by atoms with E-state index in [1.54, 1.807) is 0 Å². The lowest BCUT2D eigenvalue weighted by atomic mass is 9.78. The van der Waals surface area contributed by atoms with Crippen LogP contribution >= 0.6 is 0 Å². The summed E-state index contributed by atoms with van der Waals surface area (Å²) in [5.41, 5.74) is 0. The molecule has 1 saturated carbocycles. The van der Waals surface area contributed by atoms with Crippen molar-refractivity contribution in [1.82, 2.24) is 4.90 Å². The van der Waals surface area contributed by atoms with E-state index in [4.69, 9.17) is 4.74 Å². The molecule has 1 N–H and O–H groups in total. The van der Waals surface area contributed by atoms with Crippen LogP contribution in [0.2, 0.25) is 0 Å². The Balaban J connectivity index is 2.08. The highest BCUT2D eigenvalue weighted by atomic mass is 16.5. The zero-order valence-corrected chi connectivity index (χ0v) is 12.3. The van der Waals surface area contributed by atoms with E-state index in [2.05, 4.69) is 25.7 Å². The van der Waals surface area contributed by atoms with Gasteiger partial charge < -0.3 is 9.84 Å². The first kappa shape index (κ1) is 14.8. The molecule has 4 heteroatoms. The van der Waals surface area contributed by atoms with Crippen molar-refractivity contribution in [3.8, 4) is 0 Å². The molecule has 1 saturated heterocycles. The maximum Gasteiger partial charge on any atom is 0.310 e. The molecule has 1 heterocycles. The predicted octanol–water partition coefficient (Wildman–Crippen LogP) is 2.23. The van der Waals surface area contributed by atoms with Gasteiger partial charge in [-0.25, -0.2) is 0 Å². The molecule has 0 bridgehead atoms. The van der Waals surface area contributed by atoms with Gasteiger partial charge in [0.05, 0.1) is 19.1 Å². The molecule has 5 unspecified atom stereocenters. The fraction of sp³-hybridized carbons (Fsp3) is 0.933. The van der Waals surface area contributed by atoms with E-state index in [9.17, 15) is 9.90 Å². The Labute approximate surface area is 116 Å². The number of aliphatic carboxylic acids is 1. The number of nitrogens with zero attached hydrogens (tertiary/aromatic N) is 1.